The molecule has 0 bridgehead atoms. The smallest absolute Gasteiger partial charge is 0.328 e. The second-order valence-electron chi connectivity index (χ2n) is 5.24. The van der Waals surface area contributed by atoms with E-state index in [1.165, 1.54) is 14.0 Å². The van der Waals surface area contributed by atoms with Gasteiger partial charge in [0.2, 0.25) is 0 Å². The Hall–Kier alpha value is -1.79. The first-order chi connectivity index (χ1) is 9.18. The number of nitrogens with one attached hydrogen (secondary N) is 2. The van der Waals surface area contributed by atoms with Crippen LogP contribution in [-0.4, -0.2) is 42.3 Å². The molecule has 0 aromatic carbocycles. The fourth-order valence-electron chi connectivity index (χ4n) is 1.57. The van der Waals surface area contributed by atoms with E-state index in [2.05, 4.69) is 15.4 Å². The number of methoxy groups -OCH3 is 1. The fourth-order valence-corrected chi connectivity index (χ4v) is 1.57. The molecular formula is C13H24N2O5. The van der Waals surface area contributed by atoms with Crippen molar-refractivity contribution < 1.29 is 24.2 Å². The minimum atomic E-state index is -0.996. The highest BCUT2D eigenvalue weighted by Gasteiger charge is 2.25. The van der Waals surface area contributed by atoms with E-state index in [9.17, 15) is 14.4 Å². The van der Waals surface area contributed by atoms with Gasteiger partial charge in [0.25, 0.3) is 0 Å². The Morgan fingerprint density at radius 1 is 1.10 bits per heavy atom. The number of amides is 2. The lowest BCUT2D eigenvalue weighted by molar-refractivity contribution is -0.143. The maximum atomic E-state index is 11.8. The van der Waals surface area contributed by atoms with Gasteiger partial charge < -0.3 is 20.5 Å². The van der Waals surface area contributed by atoms with Crippen LogP contribution in [0.5, 0.6) is 0 Å². The molecule has 0 aromatic rings. The summed E-state index contributed by atoms with van der Waals surface area (Å²) in [4.78, 5) is 34.1. The lowest BCUT2D eigenvalue weighted by Gasteiger charge is -2.22. The predicted molar refractivity (Wildman–Crippen MR) is 73.2 cm³/mol. The van der Waals surface area contributed by atoms with Crippen LogP contribution < -0.4 is 10.6 Å². The highest BCUT2D eigenvalue weighted by atomic mass is 16.5. The molecule has 116 valence electrons. The van der Waals surface area contributed by atoms with Crippen LogP contribution in [0.1, 0.15) is 34.1 Å². The molecule has 3 N–H and O–H groups in total. The summed E-state index contributed by atoms with van der Waals surface area (Å²) in [5.41, 5.74) is 0. The van der Waals surface area contributed by atoms with Crippen molar-refractivity contribution in [2.24, 2.45) is 11.8 Å². The predicted octanol–water partition coefficient (Wildman–Crippen LogP) is 0.983. The first kappa shape index (κ1) is 18.2. The van der Waals surface area contributed by atoms with E-state index in [1.54, 1.807) is 6.92 Å². The molecule has 20 heavy (non-hydrogen) atoms. The van der Waals surface area contributed by atoms with Crippen LogP contribution in [0.3, 0.4) is 0 Å². The van der Waals surface area contributed by atoms with Gasteiger partial charge in [-0.3, -0.25) is 4.79 Å². The van der Waals surface area contributed by atoms with Crippen LogP contribution in [0.4, 0.5) is 4.79 Å². The number of carboxylic acid groups (broad SMARTS) is 1. The van der Waals surface area contributed by atoms with Gasteiger partial charge in [0.15, 0.2) is 0 Å². The standard InChI is InChI=1S/C13H24N2O5/c1-7(2)6-10(12(18)20-5)15-13(19)14-9(4)8(3)11(16)17/h7-10H,6H2,1-5H3,(H,16,17)(H2,14,15,19). The number of rotatable bonds is 7. The number of ether oxygens (including phenoxy) is 1. The van der Waals surface area contributed by atoms with Crippen molar-refractivity contribution in [1.82, 2.24) is 10.6 Å². The van der Waals surface area contributed by atoms with E-state index in [4.69, 9.17) is 5.11 Å². The molecule has 0 rings (SSSR count). The van der Waals surface area contributed by atoms with Gasteiger partial charge in [0.05, 0.1) is 13.0 Å². The summed E-state index contributed by atoms with van der Waals surface area (Å²) in [5.74, 6) is -2.03. The monoisotopic (exact) mass is 288 g/mol. The zero-order chi connectivity index (χ0) is 15.9. The van der Waals surface area contributed by atoms with E-state index in [1.807, 2.05) is 13.8 Å². The molecule has 0 radical (unpaired) electrons. The van der Waals surface area contributed by atoms with Gasteiger partial charge in [0.1, 0.15) is 6.04 Å². The molecule has 0 aliphatic rings. The average Bonchev–Trinajstić information content (AvgIpc) is 2.34. The topological polar surface area (TPSA) is 105 Å². The van der Waals surface area contributed by atoms with E-state index < -0.39 is 36.0 Å². The van der Waals surface area contributed by atoms with Gasteiger partial charge >= 0.3 is 18.0 Å². The van der Waals surface area contributed by atoms with Gasteiger partial charge in [-0.05, 0) is 26.2 Å². The summed E-state index contributed by atoms with van der Waals surface area (Å²) >= 11 is 0. The molecule has 0 spiro atoms. The molecule has 3 atom stereocenters. The number of carbonyl (C=O) groups excluding carboxylic acids is 2. The van der Waals surface area contributed by atoms with Crippen molar-refractivity contribution in [1.29, 1.82) is 0 Å². The number of hydrogen-bond acceptors (Lipinski definition) is 4. The quantitative estimate of drug-likeness (QED) is 0.606. The van der Waals surface area contributed by atoms with E-state index >= 15 is 0 Å². The molecule has 0 aliphatic heterocycles. The van der Waals surface area contributed by atoms with Crippen molar-refractivity contribution >= 4 is 18.0 Å². The molecule has 0 saturated carbocycles. The summed E-state index contributed by atoms with van der Waals surface area (Å²) in [5, 5.41) is 13.9. The Morgan fingerprint density at radius 2 is 1.65 bits per heavy atom. The number of urea groups is 1. The highest BCUT2D eigenvalue weighted by molar-refractivity contribution is 5.84. The molecule has 2 amide bonds. The van der Waals surface area contributed by atoms with Crippen molar-refractivity contribution in [2.45, 2.75) is 46.2 Å². The SMILES string of the molecule is COC(=O)C(CC(C)C)NC(=O)NC(C)C(C)C(=O)O. The van der Waals surface area contributed by atoms with Crippen molar-refractivity contribution in [3.63, 3.8) is 0 Å². The Balaban J connectivity index is 4.53. The van der Waals surface area contributed by atoms with Crippen molar-refractivity contribution in [2.75, 3.05) is 7.11 Å². The minimum absolute atomic E-state index is 0.203. The normalized spacial score (nSPS) is 15.1. The van der Waals surface area contributed by atoms with E-state index in [-0.39, 0.29) is 5.92 Å². The van der Waals surface area contributed by atoms with Crippen LogP contribution in [-0.2, 0) is 14.3 Å². The number of hydrogen-bond donors (Lipinski definition) is 3. The Kier molecular flexibility index (Phi) is 7.64. The zero-order valence-corrected chi connectivity index (χ0v) is 12.6. The summed E-state index contributed by atoms with van der Waals surface area (Å²) in [6.45, 7) is 6.93. The summed E-state index contributed by atoms with van der Waals surface area (Å²) in [6.07, 6.45) is 0.447. The van der Waals surface area contributed by atoms with Gasteiger partial charge in [-0.15, -0.1) is 0 Å². The maximum absolute atomic E-state index is 11.8. The molecule has 7 nitrogen and oxygen atoms in total. The van der Waals surface area contributed by atoms with Crippen molar-refractivity contribution in [3.8, 4) is 0 Å². The number of aliphatic carboxylic acids is 1. The fraction of sp³-hybridized carbons (Fsp3) is 0.769. The third kappa shape index (κ3) is 6.40. The summed E-state index contributed by atoms with van der Waals surface area (Å²) in [7, 11) is 1.25. The zero-order valence-electron chi connectivity index (χ0n) is 12.6. The number of carboxylic acids is 1. The Bertz CT molecular complexity index is 357. The molecule has 3 unspecified atom stereocenters. The largest absolute Gasteiger partial charge is 0.481 e. The summed E-state index contributed by atoms with van der Waals surface area (Å²) < 4.78 is 4.63. The van der Waals surface area contributed by atoms with Gasteiger partial charge in [-0.1, -0.05) is 13.8 Å². The first-order valence-electron chi connectivity index (χ1n) is 6.56. The molecule has 0 heterocycles. The third-order valence-corrected chi connectivity index (χ3v) is 3.00. The Labute approximate surface area is 119 Å². The van der Waals surface area contributed by atoms with Crippen LogP contribution in [0.25, 0.3) is 0 Å². The van der Waals surface area contributed by atoms with Gasteiger partial charge in [0, 0.05) is 6.04 Å². The molecule has 0 saturated heterocycles. The first-order valence-corrected chi connectivity index (χ1v) is 6.56. The molecule has 7 heteroatoms. The molecule has 0 fully saturated rings. The van der Waals surface area contributed by atoms with Crippen LogP contribution in [0.15, 0.2) is 0 Å². The van der Waals surface area contributed by atoms with Crippen molar-refractivity contribution in [3.05, 3.63) is 0 Å². The van der Waals surface area contributed by atoms with Crippen LogP contribution in [0.2, 0.25) is 0 Å². The molecule has 0 aliphatic carbocycles. The summed E-state index contributed by atoms with van der Waals surface area (Å²) in [6, 6.07) is -1.88. The van der Waals surface area contributed by atoms with Gasteiger partial charge in [-0.2, -0.15) is 0 Å². The second kappa shape index (κ2) is 8.39. The Morgan fingerprint density at radius 3 is 2.05 bits per heavy atom. The van der Waals surface area contributed by atoms with Crippen LogP contribution >= 0.6 is 0 Å². The van der Waals surface area contributed by atoms with Gasteiger partial charge in [-0.25, -0.2) is 9.59 Å². The molecule has 0 aromatic heterocycles. The number of carbonyl (C=O) groups is 3. The van der Waals surface area contributed by atoms with E-state index in [0.717, 1.165) is 0 Å². The van der Waals surface area contributed by atoms with Crippen LogP contribution in [0, 0.1) is 11.8 Å². The minimum Gasteiger partial charge on any atom is -0.481 e. The number of esters is 1. The maximum Gasteiger partial charge on any atom is 0.328 e. The lowest BCUT2D eigenvalue weighted by atomic mass is 10.0. The molecular weight excluding hydrogens is 264 g/mol. The highest BCUT2D eigenvalue weighted by Crippen LogP contribution is 2.07. The lowest BCUT2D eigenvalue weighted by Crippen LogP contribution is -2.51. The average molecular weight is 288 g/mol. The third-order valence-electron chi connectivity index (χ3n) is 3.00. The van der Waals surface area contributed by atoms with E-state index in [0.29, 0.717) is 6.42 Å². The second-order valence-corrected chi connectivity index (χ2v) is 5.24.